The van der Waals surface area contributed by atoms with Gasteiger partial charge in [-0.3, -0.25) is 0 Å². The first-order chi connectivity index (χ1) is 7.11. The average molecular weight is 212 g/mol. The molecule has 0 rings (SSSR count). The zero-order valence-electron chi connectivity index (χ0n) is 10.3. The Morgan fingerprint density at radius 2 is 2.00 bits per heavy atom. The van der Waals surface area contributed by atoms with Gasteiger partial charge in [0.05, 0.1) is 0 Å². The first-order valence-electron chi connectivity index (χ1n) is 6.01. The summed E-state index contributed by atoms with van der Waals surface area (Å²) < 4.78 is 0. The summed E-state index contributed by atoms with van der Waals surface area (Å²) in [6.07, 6.45) is 8.97. The van der Waals surface area contributed by atoms with E-state index in [-0.39, 0.29) is 0 Å². The number of aliphatic carboxylic acids is 1. The molecule has 0 aromatic heterocycles. The number of allylic oxidation sites excluding steroid dienone is 1. The number of rotatable bonds is 8. The van der Waals surface area contributed by atoms with Crippen LogP contribution in [0, 0.1) is 5.92 Å². The molecule has 0 aliphatic heterocycles. The largest absolute Gasteiger partial charge is 0.478 e. The topological polar surface area (TPSA) is 37.3 Å². The van der Waals surface area contributed by atoms with Crippen molar-refractivity contribution in [3.8, 4) is 0 Å². The minimum atomic E-state index is -0.793. The van der Waals surface area contributed by atoms with E-state index in [0.29, 0.717) is 11.5 Å². The summed E-state index contributed by atoms with van der Waals surface area (Å²) in [5.41, 5.74) is 0.476. The molecule has 0 spiro atoms. The van der Waals surface area contributed by atoms with Crippen LogP contribution in [0.2, 0.25) is 0 Å². The molecule has 1 atom stereocenters. The van der Waals surface area contributed by atoms with E-state index in [1.807, 2.05) is 6.08 Å². The molecular formula is C13H24O2. The minimum Gasteiger partial charge on any atom is -0.478 e. The second-order valence-electron chi connectivity index (χ2n) is 4.20. The van der Waals surface area contributed by atoms with Gasteiger partial charge >= 0.3 is 5.97 Å². The first-order valence-corrected chi connectivity index (χ1v) is 6.01. The van der Waals surface area contributed by atoms with Crippen molar-refractivity contribution in [2.75, 3.05) is 0 Å². The van der Waals surface area contributed by atoms with Crippen molar-refractivity contribution in [2.24, 2.45) is 5.92 Å². The molecule has 1 N–H and O–H groups in total. The van der Waals surface area contributed by atoms with Crippen LogP contribution in [0.3, 0.4) is 0 Å². The SMILES string of the molecule is CCCCCC(CC)C/C=C(\C)C(=O)O. The Morgan fingerprint density at radius 3 is 2.47 bits per heavy atom. The Morgan fingerprint density at radius 1 is 1.33 bits per heavy atom. The normalized spacial score (nSPS) is 13.9. The van der Waals surface area contributed by atoms with Crippen molar-refractivity contribution in [3.63, 3.8) is 0 Å². The minimum absolute atomic E-state index is 0.476. The Bertz CT molecular complexity index is 207. The second-order valence-corrected chi connectivity index (χ2v) is 4.20. The summed E-state index contributed by atoms with van der Waals surface area (Å²) in [4.78, 5) is 10.6. The zero-order chi connectivity index (χ0) is 11.7. The van der Waals surface area contributed by atoms with Gasteiger partial charge in [0.25, 0.3) is 0 Å². The van der Waals surface area contributed by atoms with Crippen LogP contribution in [-0.4, -0.2) is 11.1 Å². The van der Waals surface area contributed by atoms with Crippen LogP contribution in [0.4, 0.5) is 0 Å². The lowest BCUT2D eigenvalue weighted by Gasteiger charge is -2.12. The van der Waals surface area contributed by atoms with Gasteiger partial charge in [-0.15, -0.1) is 0 Å². The van der Waals surface area contributed by atoms with E-state index in [1.54, 1.807) is 6.92 Å². The van der Waals surface area contributed by atoms with Crippen LogP contribution in [-0.2, 0) is 4.79 Å². The van der Waals surface area contributed by atoms with E-state index in [4.69, 9.17) is 5.11 Å². The fraction of sp³-hybridized carbons (Fsp3) is 0.769. The Labute approximate surface area is 93.4 Å². The van der Waals surface area contributed by atoms with E-state index in [0.717, 1.165) is 12.8 Å². The maximum absolute atomic E-state index is 10.6. The molecule has 2 heteroatoms. The lowest BCUT2D eigenvalue weighted by Crippen LogP contribution is -2.00. The molecule has 0 aromatic carbocycles. The van der Waals surface area contributed by atoms with E-state index in [1.165, 1.54) is 25.7 Å². The van der Waals surface area contributed by atoms with E-state index in [9.17, 15) is 4.79 Å². The van der Waals surface area contributed by atoms with Gasteiger partial charge < -0.3 is 5.11 Å². The van der Waals surface area contributed by atoms with Crippen LogP contribution < -0.4 is 0 Å². The maximum Gasteiger partial charge on any atom is 0.330 e. The summed E-state index contributed by atoms with van der Waals surface area (Å²) in [6.45, 7) is 6.05. The highest BCUT2D eigenvalue weighted by molar-refractivity contribution is 5.85. The van der Waals surface area contributed by atoms with E-state index in [2.05, 4.69) is 13.8 Å². The van der Waals surface area contributed by atoms with Crippen molar-refractivity contribution in [1.82, 2.24) is 0 Å². The lowest BCUT2D eigenvalue weighted by atomic mass is 9.94. The van der Waals surface area contributed by atoms with Crippen LogP contribution in [0.15, 0.2) is 11.6 Å². The molecule has 0 amide bonds. The molecule has 0 aliphatic carbocycles. The highest BCUT2D eigenvalue weighted by Gasteiger charge is 2.06. The van der Waals surface area contributed by atoms with Crippen LogP contribution in [0.1, 0.15) is 59.3 Å². The molecule has 0 saturated heterocycles. The van der Waals surface area contributed by atoms with Crippen molar-refractivity contribution < 1.29 is 9.90 Å². The Balaban J connectivity index is 3.88. The quantitative estimate of drug-likeness (QED) is 0.487. The molecule has 0 saturated carbocycles. The molecule has 0 bridgehead atoms. The summed E-state index contributed by atoms with van der Waals surface area (Å²) >= 11 is 0. The molecule has 0 fully saturated rings. The van der Waals surface area contributed by atoms with Crippen LogP contribution in [0.25, 0.3) is 0 Å². The highest BCUT2D eigenvalue weighted by Crippen LogP contribution is 2.18. The third-order valence-electron chi connectivity index (χ3n) is 2.89. The number of hydrogen-bond donors (Lipinski definition) is 1. The van der Waals surface area contributed by atoms with Crippen molar-refractivity contribution in [3.05, 3.63) is 11.6 Å². The molecule has 0 heterocycles. The number of carboxylic acid groups (broad SMARTS) is 1. The predicted molar refractivity (Wildman–Crippen MR) is 63.9 cm³/mol. The molecule has 0 aromatic rings. The highest BCUT2D eigenvalue weighted by atomic mass is 16.4. The fourth-order valence-corrected chi connectivity index (χ4v) is 1.60. The van der Waals surface area contributed by atoms with Gasteiger partial charge in [-0.2, -0.15) is 0 Å². The van der Waals surface area contributed by atoms with Gasteiger partial charge in [0.1, 0.15) is 0 Å². The van der Waals surface area contributed by atoms with Crippen molar-refractivity contribution >= 4 is 5.97 Å². The number of carboxylic acids is 1. The standard InChI is InChI=1S/C13H24O2/c1-4-6-7-8-12(5-2)10-9-11(3)13(14)15/h9,12H,4-8,10H2,1-3H3,(H,14,15)/b11-9+. The number of unbranched alkanes of at least 4 members (excludes halogenated alkanes) is 2. The molecule has 15 heavy (non-hydrogen) atoms. The lowest BCUT2D eigenvalue weighted by molar-refractivity contribution is -0.132. The number of carbonyl (C=O) groups is 1. The van der Waals surface area contributed by atoms with Crippen LogP contribution in [0.5, 0.6) is 0 Å². The molecule has 1 unspecified atom stereocenters. The first kappa shape index (κ1) is 14.2. The van der Waals surface area contributed by atoms with Crippen LogP contribution >= 0.6 is 0 Å². The molecule has 2 nitrogen and oxygen atoms in total. The zero-order valence-corrected chi connectivity index (χ0v) is 10.3. The Hall–Kier alpha value is -0.790. The second kappa shape index (κ2) is 8.51. The molecular weight excluding hydrogens is 188 g/mol. The van der Waals surface area contributed by atoms with Gasteiger partial charge in [0.2, 0.25) is 0 Å². The summed E-state index contributed by atoms with van der Waals surface area (Å²) in [7, 11) is 0. The van der Waals surface area contributed by atoms with Gasteiger partial charge in [0, 0.05) is 5.57 Å². The summed E-state index contributed by atoms with van der Waals surface area (Å²) in [6, 6.07) is 0. The summed E-state index contributed by atoms with van der Waals surface area (Å²) in [5, 5.41) is 8.71. The molecule has 0 aliphatic rings. The van der Waals surface area contributed by atoms with Crippen molar-refractivity contribution in [2.45, 2.75) is 59.3 Å². The van der Waals surface area contributed by atoms with Crippen molar-refractivity contribution in [1.29, 1.82) is 0 Å². The third kappa shape index (κ3) is 7.18. The maximum atomic E-state index is 10.6. The van der Waals surface area contributed by atoms with E-state index >= 15 is 0 Å². The summed E-state index contributed by atoms with van der Waals surface area (Å²) in [5.74, 6) is -0.135. The van der Waals surface area contributed by atoms with Gasteiger partial charge in [0.15, 0.2) is 0 Å². The number of hydrogen-bond acceptors (Lipinski definition) is 1. The van der Waals surface area contributed by atoms with Gasteiger partial charge in [-0.25, -0.2) is 4.79 Å². The molecule has 0 radical (unpaired) electrons. The molecule has 88 valence electrons. The smallest absolute Gasteiger partial charge is 0.330 e. The Kier molecular flexibility index (Phi) is 8.06. The predicted octanol–water partition coefficient (Wildman–Crippen LogP) is 4.01. The van der Waals surface area contributed by atoms with Gasteiger partial charge in [-0.05, 0) is 19.3 Å². The van der Waals surface area contributed by atoms with E-state index < -0.39 is 5.97 Å². The van der Waals surface area contributed by atoms with Gasteiger partial charge in [-0.1, -0.05) is 52.0 Å². The third-order valence-corrected chi connectivity index (χ3v) is 2.89. The monoisotopic (exact) mass is 212 g/mol. The average Bonchev–Trinajstić information content (AvgIpc) is 2.22. The fourth-order valence-electron chi connectivity index (χ4n) is 1.60.